The van der Waals surface area contributed by atoms with Gasteiger partial charge in [-0.3, -0.25) is 4.90 Å². The van der Waals surface area contributed by atoms with Crippen LogP contribution in [0.4, 0.5) is 0 Å². The maximum absolute atomic E-state index is 3.79. The number of rotatable bonds is 3. The maximum atomic E-state index is 3.79. The van der Waals surface area contributed by atoms with E-state index in [2.05, 4.69) is 51.8 Å². The second-order valence-electron chi connectivity index (χ2n) is 7.91. The molecular formula is C16H32N2. The summed E-state index contributed by atoms with van der Waals surface area (Å²) in [6.07, 6.45) is 2.91. The molecule has 0 amide bonds. The van der Waals surface area contributed by atoms with Crippen molar-refractivity contribution in [1.82, 2.24) is 10.2 Å². The Bertz CT molecular complexity index is 275. The summed E-state index contributed by atoms with van der Waals surface area (Å²) in [6.45, 7) is 16.7. The van der Waals surface area contributed by atoms with Gasteiger partial charge < -0.3 is 5.32 Å². The van der Waals surface area contributed by atoms with Gasteiger partial charge in [0.15, 0.2) is 0 Å². The molecule has 0 aromatic carbocycles. The minimum absolute atomic E-state index is 0.365. The van der Waals surface area contributed by atoms with E-state index in [0.717, 1.165) is 30.5 Å². The third-order valence-corrected chi connectivity index (χ3v) is 5.04. The quantitative estimate of drug-likeness (QED) is 0.830. The lowest BCUT2D eigenvalue weighted by Gasteiger charge is -2.49. The lowest BCUT2D eigenvalue weighted by Crippen LogP contribution is -2.63. The fraction of sp³-hybridized carbons (Fsp3) is 1.00. The zero-order valence-corrected chi connectivity index (χ0v) is 13.2. The molecule has 0 aromatic rings. The van der Waals surface area contributed by atoms with E-state index in [0.29, 0.717) is 11.5 Å². The fourth-order valence-electron chi connectivity index (χ4n) is 3.31. The molecule has 3 unspecified atom stereocenters. The van der Waals surface area contributed by atoms with Crippen LogP contribution in [0.3, 0.4) is 0 Å². The first-order chi connectivity index (χ1) is 8.30. The van der Waals surface area contributed by atoms with E-state index in [-0.39, 0.29) is 0 Å². The Morgan fingerprint density at radius 1 is 1.11 bits per heavy atom. The molecule has 3 atom stereocenters. The third kappa shape index (κ3) is 3.08. The Kier molecular flexibility index (Phi) is 4.08. The van der Waals surface area contributed by atoms with E-state index >= 15 is 0 Å². The number of piperazine rings is 1. The van der Waals surface area contributed by atoms with E-state index in [1.54, 1.807) is 0 Å². The minimum atomic E-state index is 0.365. The van der Waals surface area contributed by atoms with E-state index < -0.39 is 0 Å². The Balaban J connectivity index is 2.07. The molecule has 0 bridgehead atoms. The van der Waals surface area contributed by atoms with Crippen molar-refractivity contribution < 1.29 is 0 Å². The summed E-state index contributed by atoms with van der Waals surface area (Å²) in [5, 5.41) is 3.79. The van der Waals surface area contributed by atoms with Crippen LogP contribution in [0, 0.1) is 17.3 Å². The van der Waals surface area contributed by atoms with Crippen molar-refractivity contribution in [2.75, 3.05) is 13.1 Å². The van der Waals surface area contributed by atoms with Crippen molar-refractivity contribution in [3.05, 3.63) is 0 Å². The fourth-order valence-corrected chi connectivity index (χ4v) is 3.31. The first-order valence-electron chi connectivity index (χ1n) is 7.80. The zero-order valence-electron chi connectivity index (χ0n) is 13.2. The summed E-state index contributed by atoms with van der Waals surface area (Å²) >= 11 is 0. The van der Waals surface area contributed by atoms with E-state index in [1.807, 2.05) is 0 Å². The van der Waals surface area contributed by atoms with Crippen molar-refractivity contribution in [1.29, 1.82) is 0 Å². The van der Waals surface area contributed by atoms with Gasteiger partial charge in [0.2, 0.25) is 0 Å². The molecule has 2 nitrogen and oxygen atoms in total. The van der Waals surface area contributed by atoms with E-state index in [4.69, 9.17) is 0 Å². The van der Waals surface area contributed by atoms with Crippen LogP contribution in [0.5, 0.6) is 0 Å². The average molecular weight is 252 g/mol. The third-order valence-electron chi connectivity index (χ3n) is 5.04. The Morgan fingerprint density at radius 2 is 1.72 bits per heavy atom. The van der Waals surface area contributed by atoms with Crippen LogP contribution in [0.2, 0.25) is 0 Å². The SMILES string of the molecule is CC(C)C1CNC(C(C)(C)C)CN1C(C)C1CC1. The van der Waals surface area contributed by atoms with Crippen LogP contribution in [-0.4, -0.2) is 36.1 Å². The molecular weight excluding hydrogens is 220 g/mol. The molecule has 2 rings (SSSR count). The number of nitrogens with one attached hydrogen (secondary N) is 1. The predicted molar refractivity (Wildman–Crippen MR) is 78.8 cm³/mol. The Labute approximate surface area is 114 Å². The van der Waals surface area contributed by atoms with Gasteiger partial charge in [0.1, 0.15) is 0 Å². The summed E-state index contributed by atoms with van der Waals surface area (Å²) in [4.78, 5) is 2.81. The highest BCUT2D eigenvalue weighted by molar-refractivity contribution is 4.97. The molecule has 1 heterocycles. The molecule has 1 saturated heterocycles. The van der Waals surface area contributed by atoms with Gasteiger partial charge in [0, 0.05) is 31.2 Å². The monoisotopic (exact) mass is 252 g/mol. The van der Waals surface area contributed by atoms with Gasteiger partial charge in [-0.25, -0.2) is 0 Å². The van der Waals surface area contributed by atoms with E-state index in [9.17, 15) is 0 Å². The first-order valence-corrected chi connectivity index (χ1v) is 7.80. The highest BCUT2D eigenvalue weighted by atomic mass is 15.3. The molecule has 2 heteroatoms. The molecule has 1 N–H and O–H groups in total. The van der Waals surface area contributed by atoms with E-state index in [1.165, 1.54) is 19.4 Å². The van der Waals surface area contributed by atoms with Gasteiger partial charge >= 0.3 is 0 Å². The lowest BCUT2D eigenvalue weighted by atomic mass is 9.83. The van der Waals surface area contributed by atoms with Crippen LogP contribution >= 0.6 is 0 Å². The molecule has 0 radical (unpaired) electrons. The van der Waals surface area contributed by atoms with Crippen molar-refractivity contribution in [3.63, 3.8) is 0 Å². The second kappa shape index (κ2) is 5.13. The molecule has 0 aromatic heterocycles. The summed E-state index contributed by atoms with van der Waals surface area (Å²) in [7, 11) is 0. The largest absolute Gasteiger partial charge is 0.311 e. The molecule has 106 valence electrons. The topological polar surface area (TPSA) is 15.3 Å². The molecule has 1 aliphatic heterocycles. The molecule has 1 aliphatic carbocycles. The Hall–Kier alpha value is -0.0800. The van der Waals surface area contributed by atoms with Crippen LogP contribution < -0.4 is 5.32 Å². The predicted octanol–water partition coefficient (Wildman–Crippen LogP) is 3.13. The van der Waals surface area contributed by atoms with Crippen LogP contribution in [0.1, 0.15) is 54.4 Å². The van der Waals surface area contributed by atoms with Gasteiger partial charge in [0.05, 0.1) is 0 Å². The van der Waals surface area contributed by atoms with Crippen molar-refractivity contribution in [2.45, 2.75) is 72.5 Å². The van der Waals surface area contributed by atoms with Crippen LogP contribution in [0.15, 0.2) is 0 Å². The van der Waals surface area contributed by atoms with Crippen molar-refractivity contribution in [3.8, 4) is 0 Å². The van der Waals surface area contributed by atoms with Crippen molar-refractivity contribution in [2.24, 2.45) is 17.3 Å². The van der Waals surface area contributed by atoms with Gasteiger partial charge in [0.25, 0.3) is 0 Å². The molecule has 1 saturated carbocycles. The first kappa shape index (κ1) is 14.3. The second-order valence-corrected chi connectivity index (χ2v) is 7.91. The van der Waals surface area contributed by atoms with Crippen LogP contribution in [-0.2, 0) is 0 Å². The van der Waals surface area contributed by atoms with Gasteiger partial charge in [-0.15, -0.1) is 0 Å². The summed E-state index contributed by atoms with van der Waals surface area (Å²) in [6, 6.07) is 2.14. The maximum Gasteiger partial charge on any atom is 0.0247 e. The van der Waals surface area contributed by atoms with Gasteiger partial charge in [-0.1, -0.05) is 34.6 Å². The zero-order chi connectivity index (χ0) is 13.5. The molecule has 18 heavy (non-hydrogen) atoms. The number of hydrogen-bond donors (Lipinski definition) is 1. The normalized spacial score (nSPS) is 32.8. The summed E-state index contributed by atoms with van der Waals surface area (Å²) < 4.78 is 0. The summed E-state index contributed by atoms with van der Waals surface area (Å²) in [5.41, 5.74) is 0.365. The molecule has 2 fully saturated rings. The average Bonchev–Trinajstić information content (AvgIpc) is 3.09. The lowest BCUT2D eigenvalue weighted by molar-refractivity contribution is 0.0276. The van der Waals surface area contributed by atoms with Crippen molar-refractivity contribution >= 4 is 0 Å². The summed E-state index contributed by atoms with van der Waals surface area (Å²) in [5.74, 6) is 1.73. The standard InChI is InChI=1S/C16H32N2/c1-11(2)14-9-17-15(16(4,5)6)10-18(14)12(3)13-7-8-13/h11-15,17H,7-10H2,1-6H3. The number of hydrogen-bond acceptors (Lipinski definition) is 2. The molecule has 0 spiro atoms. The van der Waals surface area contributed by atoms with Gasteiger partial charge in [-0.2, -0.15) is 0 Å². The van der Waals surface area contributed by atoms with Crippen LogP contribution in [0.25, 0.3) is 0 Å². The minimum Gasteiger partial charge on any atom is -0.311 e. The molecule has 2 aliphatic rings. The Morgan fingerprint density at radius 3 is 2.17 bits per heavy atom. The highest BCUT2D eigenvalue weighted by Crippen LogP contribution is 2.38. The smallest absolute Gasteiger partial charge is 0.0247 e. The number of nitrogens with zero attached hydrogens (tertiary/aromatic N) is 1. The van der Waals surface area contributed by atoms with Gasteiger partial charge in [-0.05, 0) is 37.0 Å². The highest BCUT2D eigenvalue weighted by Gasteiger charge is 2.41.